The minimum absolute atomic E-state index is 0.0877. The predicted molar refractivity (Wildman–Crippen MR) is 94.1 cm³/mol. The lowest BCUT2D eigenvalue weighted by Crippen LogP contribution is -2.50. The van der Waals surface area contributed by atoms with Gasteiger partial charge >= 0.3 is 5.69 Å². The van der Waals surface area contributed by atoms with Gasteiger partial charge in [0.25, 0.3) is 5.56 Å². The summed E-state index contributed by atoms with van der Waals surface area (Å²) in [6.07, 6.45) is 3.01. The summed E-state index contributed by atoms with van der Waals surface area (Å²) in [4.78, 5) is 45.9. The third-order valence-electron chi connectivity index (χ3n) is 4.16. The summed E-state index contributed by atoms with van der Waals surface area (Å²) in [5.41, 5.74) is -0.614. The number of piperazine rings is 1. The van der Waals surface area contributed by atoms with Crippen molar-refractivity contribution in [1.29, 1.82) is 0 Å². The number of pyridine rings is 1. The maximum absolute atomic E-state index is 12.4. The lowest BCUT2D eigenvalue weighted by molar-refractivity contribution is -0.132. The molecular weight excluding hydrogens is 346 g/mol. The summed E-state index contributed by atoms with van der Waals surface area (Å²) in [6, 6.07) is 3.63. The second-order valence-corrected chi connectivity index (χ2v) is 6.34. The van der Waals surface area contributed by atoms with Crippen LogP contribution in [0.3, 0.4) is 0 Å². The van der Waals surface area contributed by atoms with E-state index in [0.717, 1.165) is 5.82 Å². The van der Waals surface area contributed by atoms with Gasteiger partial charge in [-0.1, -0.05) is 11.6 Å². The number of rotatable bonds is 3. The molecule has 9 heteroatoms. The largest absolute Gasteiger partial charge is 0.353 e. The molecule has 8 nitrogen and oxygen atoms in total. The van der Waals surface area contributed by atoms with Gasteiger partial charge in [0.2, 0.25) is 5.91 Å². The third kappa shape index (κ3) is 3.90. The number of carbonyl (C=O) groups is 1. The van der Waals surface area contributed by atoms with Gasteiger partial charge < -0.3 is 9.80 Å². The van der Waals surface area contributed by atoms with Crippen LogP contribution < -0.4 is 16.1 Å². The smallest absolute Gasteiger partial charge is 0.328 e. The van der Waals surface area contributed by atoms with Gasteiger partial charge in [-0.05, 0) is 19.1 Å². The zero-order chi connectivity index (χ0) is 18.0. The highest BCUT2D eigenvalue weighted by Gasteiger charge is 2.22. The van der Waals surface area contributed by atoms with Crippen LogP contribution in [-0.2, 0) is 11.3 Å². The molecule has 1 amide bonds. The van der Waals surface area contributed by atoms with Gasteiger partial charge in [0.1, 0.15) is 12.4 Å². The van der Waals surface area contributed by atoms with E-state index in [1.807, 2.05) is 6.07 Å². The zero-order valence-electron chi connectivity index (χ0n) is 13.7. The second kappa shape index (κ2) is 7.10. The van der Waals surface area contributed by atoms with Crippen molar-refractivity contribution in [2.24, 2.45) is 0 Å². The molecule has 0 spiro atoms. The second-order valence-electron chi connectivity index (χ2n) is 5.90. The van der Waals surface area contributed by atoms with E-state index in [2.05, 4.69) is 14.9 Å². The summed E-state index contributed by atoms with van der Waals surface area (Å²) in [5.74, 6) is 0.668. The molecule has 25 heavy (non-hydrogen) atoms. The van der Waals surface area contributed by atoms with E-state index >= 15 is 0 Å². The van der Waals surface area contributed by atoms with Gasteiger partial charge in [0, 0.05) is 44.1 Å². The Bertz CT molecular complexity index is 882. The van der Waals surface area contributed by atoms with E-state index in [0.29, 0.717) is 36.8 Å². The number of aromatic nitrogens is 3. The maximum atomic E-state index is 12.4. The number of anilines is 1. The summed E-state index contributed by atoms with van der Waals surface area (Å²) in [6.45, 7) is 3.90. The molecule has 3 rings (SSSR count). The average molecular weight is 364 g/mol. The molecule has 2 aromatic rings. The Balaban J connectivity index is 1.62. The maximum Gasteiger partial charge on any atom is 0.328 e. The molecule has 1 aliphatic rings. The molecule has 0 radical (unpaired) electrons. The van der Waals surface area contributed by atoms with Crippen LogP contribution in [-0.4, -0.2) is 51.5 Å². The van der Waals surface area contributed by atoms with Gasteiger partial charge in [0.05, 0.1) is 5.02 Å². The molecule has 2 aromatic heterocycles. The zero-order valence-corrected chi connectivity index (χ0v) is 14.5. The fraction of sp³-hybridized carbons (Fsp3) is 0.375. The van der Waals surface area contributed by atoms with E-state index < -0.39 is 11.2 Å². The molecule has 0 atom stereocenters. The van der Waals surface area contributed by atoms with Crippen LogP contribution in [0.4, 0.5) is 5.82 Å². The van der Waals surface area contributed by atoms with Gasteiger partial charge in [-0.2, -0.15) is 0 Å². The molecule has 1 saturated heterocycles. The fourth-order valence-corrected chi connectivity index (χ4v) is 2.83. The highest BCUT2D eigenvalue weighted by Crippen LogP contribution is 2.16. The standard InChI is InChI=1S/C16H18ClN5O3/c1-11-9-22(16(25)19-15(11)24)10-14(23)21-6-4-20(5-7-21)13-3-2-12(17)8-18-13/h2-3,8-9H,4-7,10H2,1H3,(H,19,24,25). The van der Waals surface area contributed by atoms with Gasteiger partial charge in [-0.15, -0.1) is 0 Å². The highest BCUT2D eigenvalue weighted by atomic mass is 35.5. The molecule has 0 saturated carbocycles. The summed E-state index contributed by atoms with van der Waals surface area (Å²) >= 11 is 5.84. The van der Waals surface area contributed by atoms with Crippen LogP contribution in [0.2, 0.25) is 5.02 Å². The van der Waals surface area contributed by atoms with Gasteiger partial charge in [-0.25, -0.2) is 9.78 Å². The van der Waals surface area contributed by atoms with Crippen molar-refractivity contribution in [2.75, 3.05) is 31.1 Å². The molecule has 1 N–H and O–H groups in total. The van der Waals surface area contributed by atoms with Crippen LogP contribution in [0.1, 0.15) is 5.56 Å². The number of nitrogens with one attached hydrogen (secondary N) is 1. The number of nitrogens with zero attached hydrogens (tertiary/aromatic N) is 4. The molecule has 0 bridgehead atoms. The molecular formula is C16H18ClN5O3. The lowest BCUT2D eigenvalue weighted by atomic mass is 10.3. The topological polar surface area (TPSA) is 91.3 Å². The fourth-order valence-electron chi connectivity index (χ4n) is 2.72. The van der Waals surface area contributed by atoms with E-state index in [4.69, 9.17) is 11.6 Å². The Morgan fingerprint density at radius 2 is 1.96 bits per heavy atom. The number of aryl methyl sites for hydroxylation is 1. The Kier molecular flexibility index (Phi) is 4.89. The first-order valence-corrected chi connectivity index (χ1v) is 8.26. The van der Waals surface area contributed by atoms with Crippen molar-refractivity contribution in [3.05, 3.63) is 56.0 Å². The van der Waals surface area contributed by atoms with Crippen molar-refractivity contribution in [3.63, 3.8) is 0 Å². The van der Waals surface area contributed by atoms with E-state index in [1.165, 1.54) is 10.8 Å². The number of halogens is 1. The molecule has 132 valence electrons. The average Bonchev–Trinajstić information content (AvgIpc) is 2.60. The van der Waals surface area contributed by atoms with Gasteiger partial charge in [0.15, 0.2) is 0 Å². The number of aromatic amines is 1. The normalized spacial score (nSPS) is 14.6. The molecule has 1 aliphatic heterocycles. The summed E-state index contributed by atoms with van der Waals surface area (Å²) in [5, 5.41) is 0.583. The summed E-state index contributed by atoms with van der Waals surface area (Å²) < 4.78 is 1.23. The molecule has 0 aliphatic carbocycles. The number of hydrogen-bond donors (Lipinski definition) is 1. The van der Waals surface area contributed by atoms with Crippen molar-refractivity contribution >= 4 is 23.3 Å². The molecule has 1 fully saturated rings. The number of carbonyl (C=O) groups excluding carboxylic acids is 1. The Morgan fingerprint density at radius 3 is 2.60 bits per heavy atom. The predicted octanol–water partition coefficient (Wildman–Crippen LogP) is 0.242. The number of H-pyrrole nitrogens is 1. The van der Waals surface area contributed by atoms with E-state index in [1.54, 1.807) is 24.1 Å². The Hall–Kier alpha value is -2.61. The van der Waals surface area contributed by atoms with Crippen LogP contribution >= 0.6 is 11.6 Å². The monoisotopic (exact) mass is 363 g/mol. The van der Waals surface area contributed by atoms with Crippen molar-refractivity contribution < 1.29 is 4.79 Å². The Labute approximate surface area is 148 Å². The quantitative estimate of drug-likeness (QED) is 0.843. The van der Waals surface area contributed by atoms with E-state index in [9.17, 15) is 14.4 Å². The number of hydrogen-bond acceptors (Lipinski definition) is 5. The van der Waals surface area contributed by atoms with Crippen LogP contribution in [0, 0.1) is 6.92 Å². The summed E-state index contributed by atoms with van der Waals surface area (Å²) in [7, 11) is 0. The highest BCUT2D eigenvalue weighted by molar-refractivity contribution is 6.30. The van der Waals surface area contributed by atoms with E-state index in [-0.39, 0.29) is 12.5 Å². The van der Waals surface area contributed by atoms with Crippen molar-refractivity contribution in [3.8, 4) is 0 Å². The van der Waals surface area contributed by atoms with Gasteiger partial charge in [-0.3, -0.25) is 19.1 Å². The SMILES string of the molecule is Cc1cn(CC(=O)N2CCN(c3ccc(Cl)cn3)CC2)c(=O)[nH]c1=O. The molecule has 0 unspecified atom stereocenters. The molecule has 3 heterocycles. The molecule has 0 aromatic carbocycles. The number of amides is 1. The minimum Gasteiger partial charge on any atom is -0.353 e. The Morgan fingerprint density at radius 1 is 1.24 bits per heavy atom. The van der Waals surface area contributed by atoms with Crippen molar-refractivity contribution in [1.82, 2.24) is 19.4 Å². The third-order valence-corrected chi connectivity index (χ3v) is 4.39. The minimum atomic E-state index is -0.576. The van der Waals surface area contributed by atoms with Crippen LogP contribution in [0.15, 0.2) is 34.1 Å². The first kappa shape index (κ1) is 17.2. The first-order valence-electron chi connectivity index (χ1n) is 7.88. The van der Waals surface area contributed by atoms with Crippen LogP contribution in [0.5, 0.6) is 0 Å². The first-order chi connectivity index (χ1) is 11.9. The van der Waals surface area contributed by atoms with Crippen molar-refractivity contribution in [2.45, 2.75) is 13.5 Å². The lowest BCUT2D eigenvalue weighted by Gasteiger charge is -2.35. The van der Waals surface area contributed by atoms with Crippen LogP contribution in [0.25, 0.3) is 0 Å².